The van der Waals surface area contributed by atoms with E-state index in [1.54, 1.807) is 0 Å². The largest absolute Gasteiger partial charge is 0.431 e. The highest BCUT2D eigenvalue weighted by molar-refractivity contribution is 7.99. The van der Waals surface area contributed by atoms with Crippen LogP contribution < -0.4 is 5.32 Å². The molecule has 5 heteroatoms. The standard InChI is InChI=1S/C22H24N2O2S/c1-3-10-16(2)23-19(25)15-27-22-24-20(17-11-6-4-7-12-17)21(26-22)18-13-8-5-9-14-18/h4-9,11-14,16H,3,10,15H2,1-2H3,(H,23,25). The second-order valence-corrected chi connectivity index (χ2v) is 7.36. The van der Waals surface area contributed by atoms with Crippen molar-refractivity contribution in [2.45, 2.75) is 38.0 Å². The van der Waals surface area contributed by atoms with Crippen LogP contribution in [0.4, 0.5) is 0 Å². The summed E-state index contributed by atoms with van der Waals surface area (Å²) >= 11 is 1.32. The Bertz CT molecular complexity index is 806. The molecule has 140 valence electrons. The lowest BCUT2D eigenvalue weighted by Crippen LogP contribution is -2.33. The number of oxazole rings is 1. The fourth-order valence-corrected chi connectivity index (χ4v) is 3.52. The molecule has 1 atom stereocenters. The van der Waals surface area contributed by atoms with Gasteiger partial charge in [-0.15, -0.1) is 0 Å². The molecule has 0 aliphatic carbocycles. The van der Waals surface area contributed by atoms with Crippen LogP contribution in [0.3, 0.4) is 0 Å². The number of rotatable bonds is 8. The third kappa shape index (κ3) is 5.23. The van der Waals surface area contributed by atoms with Crippen molar-refractivity contribution in [2.24, 2.45) is 0 Å². The van der Waals surface area contributed by atoms with Gasteiger partial charge in [0.15, 0.2) is 5.76 Å². The molecule has 4 nitrogen and oxygen atoms in total. The van der Waals surface area contributed by atoms with Crippen LogP contribution in [-0.2, 0) is 4.79 Å². The maximum atomic E-state index is 12.1. The minimum atomic E-state index is 0.00155. The number of carbonyl (C=O) groups is 1. The van der Waals surface area contributed by atoms with Gasteiger partial charge in [-0.1, -0.05) is 85.8 Å². The fourth-order valence-electron chi connectivity index (χ4n) is 2.89. The average molecular weight is 381 g/mol. The van der Waals surface area contributed by atoms with Gasteiger partial charge in [0.25, 0.3) is 5.22 Å². The molecule has 0 aliphatic rings. The number of aromatic nitrogens is 1. The normalized spacial score (nSPS) is 11.9. The van der Waals surface area contributed by atoms with Crippen LogP contribution in [0.2, 0.25) is 0 Å². The average Bonchev–Trinajstić information content (AvgIpc) is 3.12. The summed E-state index contributed by atoms with van der Waals surface area (Å²) in [5, 5.41) is 3.51. The molecule has 1 amide bonds. The van der Waals surface area contributed by atoms with E-state index in [1.165, 1.54) is 11.8 Å². The summed E-state index contributed by atoms with van der Waals surface area (Å²) in [4.78, 5) is 16.8. The highest BCUT2D eigenvalue weighted by Crippen LogP contribution is 2.35. The molecule has 0 saturated carbocycles. The second-order valence-electron chi connectivity index (χ2n) is 6.44. The number of carbonyl (C=O) groups excluding carboxylic acids is 1. The Labute approximate surface area is 164 Å². The molecule has 0 bridgehead atoms. The van der Waals surface area contributed by atoms with E-state index in [9.17, 15) is 4.79 Å². The van der Waals surface area contributed by atoms with Crippen molar-refractivity contribution in [3.63, 3.8) is 0 Å². The zero-order valence-electron chi connectivity index (χ0n) is 15.6. The van der Waals surface area contributed by atoms with Crippen molar-refractivity contribution in [2.75, 3.05) is 5.75 Å². The van der Waals surface area contributed by atoms with Crippen molar-refractivity contribution >= 4 is 17.7 Å². The van der Waals surface area contributed by atoms with Gasteiger partial charge in [-0.2, -0.15) is 0 Å². The smallest absolute Gasteiger partial charge is 0.257 e. The van der Waals surface area contributed by atoms with Gasteiger partial charge in [-0.25, -0.2) is 4.98 Å². The molecular weight excluding hydrogens is 356 g/mol. The number of hydrogen-bond donors (Lipinski definition) is 1. The van der Waals surface area contributed by atoms with E-state index in [0.717, 1.165) is 35.4 Å². The summed E-state index contributed by atoms with van der Waals surface area (Å²) in [5.74, 6) is 1.02. The first-order chi connectivity index (χ1) is 13.2. The van der Waals surface area contributed by atoms with E-state index in [4.69, 9.17) is 4.42 Å². The van der Waals surface area contributed by atoms with Gasteiger partial charge in [0.2, 0.25) is 5.91 Å². The lowest BCUT2D eigenvalue weighted by Gasteiger charge is -2.11. The summed E-state index contributed by atoms with van der Waals surface area (Å²) in [6, 6.07) is 20.1. The highest BCUT2D eigenvalue weighted by Gasteiger charge is 2.18. The van der Waals surface area contributed by atoms with Crippen LogP contribution in [0.1, 0.15) is 26.7 Å². The third-order valence-electron chi connectivity index (χ3n) is 4.15. The van der Waals surface area contributed by atoms with Gasteiger partial charge in [0.1, 0.15) is 5.69 Å². The number of thioether (sulfide) groups is 1. The van der Waals surface area contributed by atoms with Crippen LogP contribution in [0, 0.1) is 0 Å². The Morgan fingerprint density at radius 2 is 1.70 bits per heavy atom. The van der Waals surface area contributed by atoms with E-state index in [2.05, 4.69) is 17.2 Å². The molecule has 3 rings (SSSR count). The van der Waals surface area contributed by atoms with Crippen molar-refractivity contribution < 1.29 is 9.21 Å². The van der Waals surface area contributed by atoms with Gasteiger partial charge in [0.05, 0.1) is 5.75 Å². The molecular formula is C22H24N2O2S. The summed E-state index contributed by atoms with van der Waals surface area (Å²) in [6.07, 6.45) is 2.03. The zero-order valence-corrected chi connectivity index (χ0v) is 16.5. The van der Waals surface area contributed by atoms with Crippen LogP contribution >= 0.6 is 11.8 Å². The maximum absolute atomic E-state index is 12.1. The lowest BCUT2D eigenvalue weighted by molar-refractivity contribution is -0.119. The Balaban J connectivity index is 1.79. The van der Waals surface area contributed by atoms with Gasteiger partial charge >= 0.3 is 0 Å². The zero-order chi connectivity index (χ0) is 19.1. The summed E-state index contributed by atoms with van der Waals surface area (Å²) < 4.78 is 6.03. The van der Waals surface area contributed by atoms with Crippen LogP contribution in [0.15, 0.2) is 70.3 Å². The SMILES string of the molecule is CCCC(C)NC(=O)CSc1nc(-c2ccccc2)c(-c2ccccc2)o1. The first kappa shape index (κ1) is 19.2. The molecule has 1 N–H and O–H groups in total. The predicted molar refractivity (Wildman–Crippen MR) is 111 cm³/mol. The number of hydrogen-bond acceptors (Lipinski definition) is 4. The van der Waals surface area contributed by atoms with Gasteiger partial charge in [-0.3, -0.25) is 4.79 Å². The monoisotopic (exact) mass is 380 g/mol. The van der Waals surface area contributed by atoms with Gasteiger partial charge < -0.3 is 9.73 Å². The molecule has 0 fully saturated rings. The number of benzene rings is 2. The first-order valence-corrected chi connectivity index (χ1v) is 10.2. The first-order valence-electron chi connectivity index (χ1n) is 9.21. The van der Waals surface area contributed by atoms with E-state index in [0.29, 0.717) is 5.22 Å². The van der Waals surface area contributed by atoms with Crippen LogP contribution in [0.25, 0.3) is 22.6 Å². The van der Waals surface area contributed by atoms with Crippen molar-refractivity contribution in [1.82, 2.24) is 10.3 Å². The molecule has 0 spiro atoms. The minimum absolute atomic E-state index is 0.00155. The van der Waals surface area contributed by atoms with E-state index < -0.39 is 0 Å². The number of nitrogens with one attached hydrogen (secondary N) is 1. The van der Waals surface area contributed by atoms with Crippen LogP contribution in [-0.4, -0.2) is 22.7 Å². The van der Waals surface area contributed by atoms with Crippen molar-refractivity contribution in [1.29, 1.82) is 0 Å². The molecule has 27 heavy (non-hydrogen) atoms. The highest BCUT2D eigenvalue weighted by atomic mass is 32.2. The maximum Gasteiger partial charge on any atom is 0.257 e. The molecule has 1 unspecified atom stereocenters. The molecule has 0 radical (unpaired) electrons. The van der Waals surface area contributed by atoms with Gasteiger partial charge in [0, 0.05) is 17.2 Å². The summed E-state index contributed by atoms with van der Waals surface area (Å²) in [6.45, 7) is 4.14. The molecule has 0 aliphatic heterocycles. The molecule has 2 aromatic carbocycles. The third-order valence-corrected chi connectivity index (χ3v) is 4.97. The Hall–Kier alpha value is -2.53. The Morgan fingerprint density at radius 1 is 1.07 bits per heavy atom. The lowest BCUT2D eigenvalue weighted by atomic mass is 10.1. The van der Waals surface area contributed by atoms with E-state index in [1.807, 2.05) is 67.6 Å². The van der Waals surface area contributed by atoms with E-state index in [-0.39, 0.29) is 17.7 Å². The minimum Gasteiger partial charge on any atom is -0.431 e. The fraction of sp³-hybridized carbons (Fsp3) is 0.273. The predicted octanol–water partition coefficient (Wildman–Crippen LogP) is 5.41. The van der Waals surface area contributed by atoms with E-state index >= 15 is 0 Å². The molecule has 1 aromatic heterocycles. The van der Waals surface area contributed by atoms with Crippen molar-refractivity contribution in [3.05, 3.63) is 60.7 Å². The number of amides is 1. The Kier molecular flexibility index (Phi) is 6.71. The summed E-state index contributed by atoms with van der Waals surface area (Å²) in [5.41, 5.74) is 2.76. The topological polar surface area (TPSA) is 55.1 Å². The Morgan fingerprint density at radius 3 is 2.33 bits per heavy atom. The second kappa shape index (κ2) is 9.42. The quantitative estimate of drug-likeness (QED) is 0.531. The molecule has 0 saturated heterocycles. The van der Waals surface area contributed by atoms with Crippen molar-refractivity contribution in [3.8, 4) is 22.6 Å². The summed E-state index contributed by atoms with van der Waals surface area (Å²) in [7, 11) is 0. The molecule has 1 heterocycles. The number of nitrogens with zero attached hydrogens (tertiary/aromatic N) is 1. The van der Waals surface area contributed by atoms with Gasteiger partial charge in [-0.05, 0) is 13.3 Å². The van der Waals surface area contributed by atoms with Crippen LogP contribution in [0.5, 0.6) is 0 Å². The molecule has 3 aromatic rings.